The molecule has 0 fully saturated rings. The topological polar surface area (TPSA) is 72.5 Å². The molecular formula is C10H9O5. The lowest BCUT2D eigenvalue weighted by Crippen LogP contribution is -2.04. The van der Waals surface area contributed by atoms with Crippen LogP contribution in [0, 0.1) is 0 Å². The van der Waals surface area contributed by atoms with Gasteiger partial charge in [0, 0.05) is 13.8 Å². The molecule has 15 heavy (non-hydrogen) atoms. The van der Waals surface area contributed by atoms with Gasteiger partial charge in [-0.1, -0.05) is 6.07 Å². The molecule has 0 saturated heterocycles. The van der Waals surface area contributed by atoms with Gasteiger partial charge in [-0.25, -0.2) is 0 Å². The van der Waals surface area contributed by atoms with E-state index in [1.54, 1.807) is 0 Å². The van der Waals surface area contributed by atoms with Crippen LogP contribution in [0.3, 0.4) is 0 Å². The van der Waals surface area contributed by atoms with Crippen LogP contribution in [0.1, 0.15) is 13.8 Å². The average Bonchev–Trinajstić information content (AvgIpc) is 2.10. The van der Waals surface area contributed by atoms with Crippen molar-refractivity contribution >= 4 is 11.9 Å². The monoisotopic (exact) mass is 209 g/mol. The molecule has 0 atom stereocenters. The molecule has 0 heterocycles. The molecule has 0 bridgehead atoms. The molecule has 5 heteroatoms. The predicted molar refractivity (Wildman–Crippen MR) is 49.2 cm³/mol. The molecule has 0 saturated carbocycles. The summed E-state index contributed by atoms with van der Waals surface area (Å²) in [5.41, 5.74) is 0. The van der Waals surface area contributed by atoms with Gasteiger partial charge in [-0.15, -0.1) is 0 Å². The Labute approximate surface area is 86.2 Å². The number of rotatable bonds is 2. The van der Waals surface area contributed by atoms with Crippen molar-refractivity contribution < 1.29 is 24.2 Å². The Kier molecular flexibility index (Phi) is 3.28. The first-order chi connectivity index (χ1) is 7.00. The number of hydrogen-bond acceptors (Lipinski definition) is 4. The van der Waals surface area contributed by atoms with E-state index in [-0.39, 0.29) is 11.5 Å². The number of para-hydroxylation sites is 1. The van der Waals surface area contributed by atoms with Crippen molar-refractivity contribution in [1.29, 1.82) is 0 Å². The van der Waals surface area contributed by atoms with E-state index in [9.17, 15) is 14.7 Å². The van der Waals surface area contributed by atoms with E-state index in [0.29, 0.717) is 0 Å². The molecule has 0 unspecified atom stereocenters. The molecule has 79 valence electrons. The van der Waals surface area contributed by atoms with Gasteiger partial charge in [0.2, 0.25) is 0 Å². The lowest BCUT2D eigenvalue weighted by Gasteiger charge is -2.05. The van der Waals surface area contributed by atoms with Gasteiger partial charge < -0.3 is 9.47 Å². The number of benzene rings is 1. The van der Waals surface area contributed by atoms with Crippen LogP contribution in [0.15, 0.2) is 18.2 Å². The van der Waals surface area contributed by atoms with E-state index in [4.69, 9.17) is 0 Å². The first-order valence-corrected chi connectivity index (χ1v) is 4.17. The second-order valence-corrected chi connectivity index (χ2v) is 2.77. The summed E-state index contributed by atoms with van der Waals surface area (Å²) >= 11 is 0. The molecule has 1 radical (unpaired) electrons. The second kappa shape index (κ2) is 4.45. The third-order valence-electron chi connectivity index (χ3n) is 1.45. The van der Waals surface area contributed by atoms with Crippen molar-refractivity contribution in [2.75, 3.05) is 0 Å². The van der Waals surface area contributed by atoms with Gasteiger partial charge in [-0.05, 0) is 12.1 Å². The molecule has 1 aromatic carbocycles. The van der Waals surface area contributed by atoms with Crippen molar-refractivity contribution in [3.05, 3.63) is 18.2 Å². The molecule has 0 amide bonds. The van der Waals surface area contributed by atoms with Crippen LogP contribution in [0.4, 0.5) is 0 Å². The fourth-order valence-electron chi connectivity index (χ4n) is 0.966. The van der Waals surface area contributed by atoms with Crippen LogP contribution < -0.4 is 9.47 Å². The summed E-state index contributed by atoms with van der Waals surface area (Å²) in [6, 6.07) is 4.12. The fourth-order valence-corrected chi connectivity index (χ4v) is 0.966. The molecular weight excluding hydrogens is 200 g/mol. The standard InChI is InChI=1S/C10H9O5/c1-6(11)14-8-4-3-5-9(10(8)13)15-7(2)12/h3-5H,1-2H3. The summed E-state index contributed by atoms with van der Waals surface area (Å²) < 4.78 is 9.25. The number of esters is 2. The summed E-state index contributed by atoms with van der Waals surface area (Å²) in [7, 11) is 0. The van der Waals surface area contributed by atoms with Gasteiger partial charge in [-0.2, -0.15) is 0 Å². The maximum atomic E-state index is 11.5. The Bertz CT molecular complexity index is 363. The third-order valence-corrected chi connectivity index (χ3v) is 1.45. The maximum Gasteiger partial charge on any atom is 0.308 e. The molecule has 0 aliphatic heterocycles. The van der Waals surface area contributed by atoms with E-state index in [0.717, 1.165) is 0 Å². The van der Waals surface area contributed by atoms with Gasteiger partial charge in [0.15, 0.2) is 11.5 Å². The zero-order valence-electron chi connectivity index (χ0n) is 8.27. The van der Waals surface area contributed by atoms with E-state index < -0.39 is 17.7 Å². The predicted octanol–water partition coefficient (Wildman–Crippen LogP) is 1.68. The Balaban J connectivity index is 2.99. The van der Waals surface area contributed by atoms with Crippen LogP contribution in [0.2, 0.25) is 0 Å². The Morgan fingerprint density at radius 3 is 1.73 bits per heavy atom. The lowest BCUT2D eigenvalue weighted by molar-refractivity contribution is -0.132. The summed E-state index contributed by atoms with van der Waals surface area (Å²) in [6.45, 7) is 2.36. The highest BCUT2D eigenvalue weighted by Crippen LogP contribution is 2.36. The SMILES string of the molecule is CC(=O)Oc1cccc(OC(C)=O)c1[O]. The van der Waals surface area contributed by atoms with Gasteiger partial charge >= 0.3 is 11.9 Å². The van der Waals surface area contributed by atoms with Gasteiger partial charge in [-0.3, -0.25) is 14.7 Å². The first kappa shape index (κ1) is 11.0. The highest BCUT2D eigenvalue weighted by molar-refractivity contribution is 5.73. The van der Waals surface area contributed by atoms with Crippen molar-refractivity contribution in [3.63, 3.8) is 0 Å². The van der Waals surface area contributed by atoms with Crippen LogP contribution >= 0.6 is 0 Å². The van der Waals surface area contributed by atoms with Gasteiger partial charge in [0.05, 0.1) is 0 Å². The first-order valence-electron chi connectivity index (χ1n) is 4.17. The van der Waals surface area contributed by atoms with Crippen molar-refractivity contribution in [3.8, 4) is 17.2 Å². The number of carbonyl (C=O) groups is 2. The summed E-state index contributed by atoms with van der Waals surface area (Å²) in [5.74, 6) is -2.13. The van der Waals surface area contributed by atoms with E-state index >= 15 is 0 Å². The summed E-state index contributed by atoms with van der Waals surface area (Å²) in [5, 5.41) is 11.5. The van der Waals surface area contributed by atoms with E-state index in [2.05, 4.69) is 9.47 Å². The van der Waals surface area contributed by atoms with Crippen LogP contribution in [0.25, 0.3) is 0 Å². The zero-order valence-corrected chi connectivity index (χ0v) is 8.27. The molecule has 5 nitrogen and oxygen atoms in total. The Morgan fingerprint density at radius 2 is 1.40 bits per heavy atom. The normalized spacial score (nSPS) is 9.47. The Morgan fingerprint density at radius 1 is 1.00 bits per heavy atom. The quantitative estimate of drug-likeness (QED) is 0.548. The molecule has 0 aromatic heterocycles. The highest BCUT2D eigenvalue weighted by atomic mass is 16.6. The van der Waals surface area contributed by atoms with Crippen molar-refractivity contribution in [2.24, 2.45) is 0 Å². The van der Waals surface area contributed by atoms with Crippen molar-refractivity contribution in [1.82, 2.24) is 0 Å². The number of carbonyl (C=O) groups excluding carboxylic acids is 2. The zero-order chi connectivity index (χ0) is 11.4. The molecule has 0 aliphatic rings. The Hall–Kier alpha value is -2.04. The third kappa shape index (κ3) is 2.98. The number of ether oxygens (including phenoxy) is 2. The minimum atomic E-state index is -0.622. The molecule has 0 aliphatic carbocycles. The van der Waals surface area contributed by atoms with Gasteiger partial charge in [0.25, 0.3) is 5.75 Å². The number of hydrogen-bond donors (Lipinski definition) is 0. The highest BCUT2D eigenvalue weighted by Gasteiger charge is 2.14. The molecule has 0 N–H and O–H groups in total. The summed E-state index contributed by atoms with van der Waals surface area (Å²) in [6.07, 6.45) is 0. The average molecular weight is 209 g/mol. The van der Waals surface area contributed by atoms with Crippen LogP contribution in [0.5, 0.6) is 17.2 Å². The maximum absolute atomic E-state index is 11.5. The smallest absolute Gasteiger partial charge is 0.308 e. The minimum Gasteiger partial charge on any atom is -0.422 e. The van der Waals surface area contributed by atoms with E-state index in [1.807, 2.05) is 0 Å². The van der Waals surface area contributed by atoms with Crippen LogP contribution in [-0.4, -0.2) is 11.9 Å². The van der Waals surface area contributed by atoms with Crippen LogP contribution in [-0.2, 0) is 14.7 Å². The minimum absolute atomic E-state index is 0.152. The second-order valence-electron chi connectivity index (χ2n) is 2.77. The van der Waals surface area contributed by atoms with E-state index in [1.165, 1.54) is 32.0 Å². The molecule has 1 aromatic rings. The molecule has 1 rings (SSSR count). The fraction of sp³-hybridized carbons (Fsp3) is 0.200. The van der Waals surface area contributed by atoms with Crippen molar-refractivity contribution in [2.45, 2.75) is 13.8 Å². The molecule has 0 spiro atoms. The summed E-state index contributed by atoms with van der Waals surface area (Å²) in [4.78, 5) is 21.3. The largest absolute Gasteiger partial charge is 0.422 e. The van der Waals surface area contributed by atoms with Gasteiger partial charge in [0.1, 0.15) is 0 Å². The lowest BCUT2D eigenvalue weighted by atomic mass is 10.3.